The summed E-state index contributed by atoms with van der Waals surface area (Å²) in [4.78, 5) is 10.7. The van der Waals surface area contributed by atoms with E-state index in [1.807, 2.05) is 0 Å². The van der Waals surface area contributed by atoms with E-state index in [1.165, 1.54) is 4.31 Å². The largest absolute Gasteiger partial charge is 0.481 e. The minimum Gasteiger partial charge on any atom is -0.481 e. The number of benzene rings is 1. The van der Waals surface area contributed by atoms with E-state index in [2.05, 4.69) is 0 Å². The number of rotatable bonds is 4. The molecule has 0 aliphatic carbocycles. The van der Waals surface area contributed by atoms with Crippen molar-refractivity contribution in [1.29, 1.82) is 5.26 Å². The van der Waals surface area contributed by atoms with Crippen molar-refractivity contribution < 1.29 is 22.7 Å². The summed E-state index contributed by atoms with van der Waals surface area (Å²) in [5.74, 6) is -2.04. The van der Waals surface area contributed by atoms with E-state index in [4.69, 9.17) is 10.4 Å². The molecule has 0 bridgehead atoms. The van der Waals surface area contributed by atoms with Crippen LogP contribution in [0.15, 0.2) is 23.1 Å². The van der Waals surface area contributed by atoms with Crippen LogP contribution in [-0.2, 0) is 14.8 Å². The average molecular weight is 340 g/mol. The quantitative estimate of drug-likeness (QED) is 0.903. The number of carbonyl (C=O) groups is 1. The predicted molar refractivity (Wildman–Crippen MR) is 79.4 cm³/mol. The summed E-state index contributed by atoms with van der Waals surface area (Å²) >= 11 is 0. The molecule has 0 saturated carbocycles. The molecule has 0 spiro atoms. The van der Waals surface area contributed by atoms with Gasteiger partial charge in [-0.15, -0.1) is 0 Å². The smallest absolute Gasteiger partial charge is 0.303 e. The van der Waals surface area contributed by atoms with Gasteiger partial charge >= 0.3 is 5.97 Å². The van der Waals surface area contributed by atoms with Crippen molar-refractivity contribution in [3.8, 4) is 6.07 Å². The van der Waals surface area contributed by atoms with Crippen molar-refractivity contribution in [2.75, 3.05) is 6.54 Å². The first-order chi connectivity index (χ1) is 10.6. The van der Waals surface area contributed by atoms with Crippen LogP contribution in [0.25, 0.3) is 0 Å². The fraction of sp³-hybridized carbons (Fsp3) is 0.467. The maximum atomic E-state index is 13.4. The normalized spacial score (nSPS) is 21.0. The van der Waals surface area contributed by atoms with Gasteiger partial charge in [-0.3, -0.25) is 4.79 Å². The van der Waals surface area contributed by atoms with Gasteiger partial charge in [0, 0.05) is 18.5 Å². The van der Waals surface area contributed by atoms with Gasteiger partial charge in [-0.05, 0) is 44.4 Å². The summed E-state index contributed by atoms with van der Waals surface area (Å²) in [6.07, 6.45) is 0.313. The maximum absolute atomic E-state index is 13.4. The molecule has 1 aromatic rings. The molecule has 6 nitrogen and oxygen atoms in total. The van der Waals surface area contributed by atoms with E-state index >= 15 is 0 Å². The van der Waals surface area contributed by atoms with Crippen molar-refractivity contribution >= 4 is 16.0 Å². The Kier molecular flexibility index (Phi) is 4.46. The lowest BCUT2D eigenvalue weighted by molar-refractivity contribution is -0.138. The summed E-state index contributed by atoms with van der Waals surface area (Å²) < 4.78 is 40.2. The molecule has 1 aliphatic rings. The molecule has 1 aliphatic heterocycles. The molecule has 1 fully saturated rings. The van der Waals surface area contributed by atoms with E-state index in [9.17, 15) is 17.6 Å². The van der Waals surface area contributed by atoms with Crippen LogP contribution in [0, 0.1) is 23.1 Å². The third-order valence-corrected chi connectivity index (χ3v) is 6.07. The fourth-order valence-corrected chi connectivity index (χ4v) is 4.93. The molecule has 1 N–H and O–H groups in total. The lowest BCUT2D eigenvalue weighted by Crippen LogP contribution is -2.42. The summed E-state index contributed by atoms with van der Waals surface area (Å²) in [5.41, 5.74) is -1.09. The zero-order valence-corrected chi connectivity index (χ0v) is 13.6. The molecular formula is C15H17FN2O4S. The molecule has 1 unspecified atom stereocenters. The lowest BCUT2D eigenvalue weighted by Gasteiger charge is -2.30. The Morgan fingerprint density at radius 1 is 1.52 bits per heavy atom. The molecule has 8 heteroatoms. The zero-order valence-electron chi connectivity index (χ0n) is 12.8. The van der Waals surface area contributed by atoms with Crippen molar-refractivity contribution in [2.45, 2.75) is 37.1 Å². The summed E-state index contributed by atoms with van der Waals surface area (Å²) in [6, 6.07) is 4.69. The van der Waals surface area contributed by atoms with Crippen LogP contribution >= 0.6 is 0 Å². The van der Waals surface area contributed by atoms with Gasteiger partial charge in [-0.2, -0.15) is 9.57 Å². The van der Waals surface area contributed by atoms with Crippen molar-refractivity contribution in [1.82, 2.24) is 4.31 Å². The number of hydrogen-bond donors (Lipinski definition) is 1. The number of hydrogen-bond acceptors (Lipinski definition) is 4. The van der Waals surface area contributed by atoms with Gasteiger partial charge in [0.15, 0.2) is 0 Å². The highest BCUT2D eigenvalue weighted by Gasteiger charge is 2.46. The number of carboxylic acid groups (broad SMARTS) is 1. The first-order valence-electron chi connectivity index (χ1n) is 7.02. The van der Waals surface area contributed by atoms with Gasteiger partial charge < -0.3 is 5.11 Å². The fourth-order valence-electron chi connectivity index (χ4n) is 3.04. The van der Waals surface area contributed by atoms with Crippen molar-refractivity contribution in [3.63, 3.8) is 0 Å². The Morgan fingerprint density at radius 2 is 2.17 bits per heavy atom. The molecule has 0 aromatic heterocycles. The maximum Gasteiger partial charge on any atom is 0.303 e. The van der Waals surface area contributed by atoms with Gasteiger partial charge in [-0.1, -0.05) is 0 Å². The number of sulfonamides is 1. The molecule has 1 saturated heterocycles. The molecule has 1 atom stereocenters. The van der Waals surface area contributed by atoms with Gasteiger partial charge in [0.05, 0.1) is 10.5 Å². The summed E-state index contributed by atoms with van der Waals surface area (Å²) in [5, 5.41) is 17.8. The second-order valence-electron chi connectivity index (χ2n) is 6.27. The van der Waals surface area contributed by atoms with Gasteiger partial charge in [0.1, 0.15) is 11.9 Å². The summed E-state index contributed by atoms with van der Waals surface area (Å²) in [6.45, 7) is 3.53. The molecule has 0 amide bonds. The van der Waals surface area contributed by atoms with Crippen LogP contribution in [-0.4, -0.2) is 35.9 Å². The number of nitriles is 1. The Labute approximate surface area is 134 Å². The van der Waals surface area contributed by atoms with E-state index in [-0.39, 0.29) is 29.3 Å². The second kappa shape index (κ2) is 5.91. The molecular weight excluding hydrogens is 323 g/mol. The first kappa shape index (κ1) is 17.4. The first-order valence-corrected chi connectivity index (χ1v) is 8.46. The van der Waals surface area contributed by atoms with Crippen LogP contribution in [0.2, 0.25) is 0 Å². The number of nitrogens with zero attached hydrogens (tertiary/aromatic N) is 2. The SMILES string of the molecule is CC1(C)CC(CC(=O)O)CN1S(=O)(=O)c1ccc(F)c(C#N)c1. The lowest BCUT2D eigenvalue weighted by atomic mass is 9.95. The number of aliphatic carboxylic acids is 1. The van der Waals surface area contributed by atoms with E-state index in [0.717, 1.165) is 18.2 Å². The third kappa shape index (κ3) is 3.35. The molecule has 23 heavy (non-hydrogen) atoms. The van der Waals surface area contributed by atoms with Gasteiger partial charge in [0.2, 0.25) is 10.0 Å². The van der Waals surface area contributed by atoms with Crippen molar-refractivity contribution in [3.05, 3.63) is 29.6 Å². The Balaban J connectivity index is 2.39. The highest BCUT2D eigenvalue weighted by molar-refractivity contribution is 7.89. The third-order valence-electron chi connectivity index (χ3n) is 4.00. The predicted octanol–water partition coefficient (Wildman–Crippen LogP) is 1.96. The highest BCUT2D eigenvalue weighted by Crippen LogP contribution is 2.38. The minimum absolute atomic E-state index is 0.0842. The van der Waals surface area contributed by atoms with Crippen LogP contribution in [0.5, 0.6) is 0 Å². The molecule has 124 valence electrons. The molecule has 1 aromatic carbocycles. The standard InChI is InChI=1S/C15H17FN2O4S/c1-15(2)7-10(5-14(19)20)9-18(15)23(21,22)12-3-4-13(16)11(6-12)8-17/h3-4,6,10H,5,7,9H2,1-2H3,(H,19,20). The van der Waals surface area contributed by atoms with Crippen molar-refractivity contribution in [2.24, 2.45) is 5.92 Å². The van der Waals surface area contributed by atoms with E-state index in [1.54, 1.807) is 19.9 Å². The van der Waals surface area contributed by atoms with Gasteiger partial charge in [-0.25, -0.2) is 12.8 Å². The van der Waals surface area contributed by atoms with E-state index in [0.29, 0.717) is 6.42 Å². The highest BCUT2D eigenvalue weighted by atomic mass is 32.2. The average Bonchev–Trinajstić information content (AvgIpc) is 2.73. The number of halogens is 1. The Bertz CT molecular complexity index is 783. The minimum atomic E-state index is -3.94. The Hall–Kier alpha value is -1.98. The van der Waals surface area contributed by atoms with E-state index < -0.39 is 27.3 Å². The monoisotopic (exact) mass is 340 g/mol. The number of carboxylic acids is 1. The zero-order chi connectivity index (χ0) is 17.4. The van der Waals surface area contributed by atoms with Crippen LogP contribution in [0.3, 0.4) is 0 Å². The molecule has 0 radical (unpaired) electrons. The molecule has 1 heterocycles. The van der Waals surface area contributed by atoms with Crippen LogP contribution in [0.1, 0.15) is 32.3 Å². The second-order valence-corrected chi connectivity index (χ2v) is 8.13. The molecule has 2 rings (SSSR count). The van der Waals surface area contributed by atoms with Gasteiger partial charge in [0.25, 0.3) is 0 Å². The Morgan fingerprint density at radius 3 is 2.74 bits per heavy atom. The summed E-state index contributed by atoms with van der Waals surface area (Å²) in [7, 11) is -3.94. The topological polar surface area (TPSA) is 98.5 Å². The van der Waals surface area contributed by atoms with Crippen LogP contribution in [0.4, 0.5) is 4.39 Å². The van der Waals surface area contributed by atoms with Crippen LogP contribution < -0.4 is 0 Å².